The molecule has 0 saturated carbocycles. The van der Waals surface area contributed by atoms with Gasteiger partial charge in [0.05, 0.1) is 0 Å². The molecular weight excluding hydrogens is 256 g/mol. The highest BCUT2D eigenvalue weighted by Gasteiger charge is 2.04. The van der Waals surface area contributed by atoms with Crippen molar-refractivity contribution in [1.29, 1.82) is 0 Å². The molecule has 1 N–H and O–H groups in total. The topological polar surface area (TPSA) is 36.1 Å². The molecule has 15 heavy (non-hydrogen) atoms. The summed E-state index contributed by atoms with van der Waals surface area (Å²) in [5.41, 5.74) is 1.02. The maximum absolute atomic E-state index is 11.5. The molecule has 78 valence electrons. The Kier molecular flexibility index (Phi) is 2.52. The number of hydrogen-bond donors (Lipinski definition) is 1. The van der Waals surface area contributed by atoms with E-state index in [2.05, 4.69) is 20.9 Å². The molecule has 0 unspecified atom stereocenters. The standard InChI is InChI=1S/C11H11BrN2O/c1-14(2)7-3-4-8-9(5-7)10(12)6-13-11(8)15/h3-6H,1-2H3,(H,13,15). The van der Waals surface area contributed by atoms with E-state index in [0.29, 0.717) is 5.39 Å². The summed E-state index contributed by atoms with van der Waals surface area (Å²) >= 11 is 3.43. The van der Waals surface area contributed by atoms with Crippen LogP contribution in [0.15, 0.2) is 33.7 Å². The second-order valence-electron chi connectivity index (χ2n) is 3.59. The third kappa shape index (κ3) is 1.77. The fourth-order valence-corrected chi connectivity index (χ4v) is 1.93. The lowest BCUT2D eigenvalue weighted by Crippen LogP contribution is -2.10. The van der Waals surface area contributed by atoms with Crippen LogP contribution in [0.4, 0.5) is 5.69 Å². The van der Waals surface area contributed by atoms with Crippen LogP contribution in [0.1, 0.15) is 0 Å². The average molecular weight is 267 g/mol. The Morgan fingerprint density at radius 3 is 2.67 bits per heavy atom. The molecule has 0 spiro atoms. The van der Waals surface area contributed by atoms with Gasteiger partial charge in [0.25, 0.3) is 5.56 Å². The van der Waals surface area contributed by atoms with Gasteiger partial charge in [0.15, 0.2) is 0 Å². The molecule has 0 amide bonds. The minimum absolute atomic E-state index is 0.0569. The quantitative estimate of drug-likeness (QED) is 0.861. The van der Waals surface area contributed by atoms with E-state index in [9.17, 15) is 4.79 Å². The molecule has 0 fully saturated rings. The van der Waals surface area contributed by atoms with Crippen molar-refractivity contribution in [3.05, 3.63) is 39.2 Å². The van der Waals surface area contributed by atoms with Crippen LogP contribution in [-0.4, -0.2) is 19.1 Å². The number of aromatic nitrogens is 1. The van der Waals surface area contributed by atoms with Crippen LogP contribution in [0.25, 0.3) is 10.8 Å². The zero-order valence-corrected chi connectivity index (χ0v) is 10.1. The Balaban J connectivity index is 2.81. The lowest BCUT2D eigenvalue weighted by Gasteiger charge is -2.13. The molecule has 0 saturated heterocycles. The molecule has 0 bridgehead atoms. The van der Waals surface area contributed by atoms with Crippen molar-refractivity contribution in [2.75, 3.05) is 19.0 Å². The minimum atomic E-state index is -0.0569. The smallest absolute Gasteiger partial charge is 0.255 e. The van der Waals surface area contributed by atoms with Crippen LogP contribution in [0.2, 0.25) is 0 Å². The molecular formula is C11H11BrN2O. The molecule has 0 aliphatic rings. The summed E-state index contributed by atoms with van der Waals surface area (Å²) in [5.74, 6) is 0. The van der Waals surface area contributed by atoms with E-state index < -0.39 is 0 Å². The summed E-state index contributed by atoms with van der Waals surface area (Å²) in [4.78, 5) is 16.2. The van der Waals surface area contributed by atoms with Crippen molar-refractivity contribution in [1.82, 2.24) is 4.98 Å². The summed E-state index contributed by atoms with van der Waals surface area (Å²) in [6.07, 6.45) is 1.67. The fourth-order valence-electron chi connectivity index (χ4n) is 1.49. The van der Waals surface area contributed by atoms with Crippen LogP contribution >= 0.6 is 15.9 Å². The van der Waals surface area contributed by atoms with E-state index in [4.69, 9.17) is 0 Å². The van der Waals surface area contributed by atoms with Gasteiger partial charge >= 0.3 is 0 Å². The molecule has 0 aliphatic carbocycles. The highest BCUT2D eigenvalue weighted by atomic mass is 79.9. The number of nitrogens with one attached hydrogen (secondary N) is 1. The maximum atomic E-state index is 11.5. The van der Waals surface area contributed by atoms with E-state index in [1.165, 1.54) is 0 Å². The van der Waals surface area contributed by atoms with Crippen molar-refractivity contribution in [3.63, 3.8) is 0 Å². The first kappa shape index (κ1) is 10.2. The third-order valence-corrected chi connectivity index (χ3v) is 3.01. The molecule has 4 heteroatoms. The zero-order valence-electron chi connectivity index (χ0n) is 8.54. The number of H-pyrrole nitrogens is 1. The van der Waals surface area contributed by atoms with E-state index >= 15 is 0 Å². The van der Waals surface area contributed by atoms with Gasteiger partial charge in [-0.25, -0.2) is 0 Å². The molecule has 1 aromatic heterocycles. The molecule has 2 rings (SSSR count). The molecule has 0 radical (unpaired) electrons. The minimum Gasteiger partial charge on any atom is -0.378 e. The highest BCUT2D eigenvalue weighted by molar-refractivity contribution is 9.10. The average Bonchev–Trinajstić information content (AvgIpc) is 2.23. The first-order chi connectivity index (χ1) is 7.09. The lowest BCUT2D eigenvalue weighted by molar-refractivity contribution is 1.13. The van der Waals surface area contributed by atoms with Crippen LogP contribution in [0.3, 0.4) is 0 Å². The predicted octanol–water partition coefficient (Wildman–Crippen LogP) is 2.36. The Morgan fingerprint density at radius 1 is 1.27 bits per heavy atom. The number of aromatic amines is 1. The summed E-state index contributed by atoms with van der Waals surface area (Å²) in [6, 6.07) is 5.77. The highest BCUT2D eigenvalue weighted by Crippen LogP contribution is 2.24. The van der Waals surface area contributed by atoms with E-state index in [-0.39, 0.29) is 5.56 Å². The largest absolute Gasteiger partial charge is 0.378 e. The van der Waals surface area contributed by atoms with Crippen LogP contribution in [0.5, 0.6) is 0 Å². The number of benzene rings is 1. The number of halogens is 1. The van der Waals surface area contributed by atoms with Gasteiger partial charge in [0.2, 0.25) is 0 Å². The number of anilines is 1. The number of pyridine rings is 1. The summed E-state index contributed by atoms with van der Waals surface area (Å²) < 4.78 is 0.904. The number of rotatable bonds is 1. The van der Waals surface area contributed by atoms with Crippen LogP contribution in [0, 0.1) is 0 Å². The molecule has 0 aliphatic heterocycles. The van der Waals surface area contributed by atoms with Gasteiger partial charge < -0.3 is 9.88 Å². The van der Waals surface area contributed by atoms with Crippen molar-refractivity contribution >= 4 is 32.4 Å². The van der Waals surface area contributed by atoms with Gasteiger partial charge in [-0.2, -0.15) is 0 Å². The van der Waals surface area contributed by atoms with E-state index in [0.717, 1.165) is 15.5 Å². The monoisotopic (exact) mass is 266 g/mol. The maximum Gasteiger partial charge on any atom is 0.255 e. The van der Waals surface area contributed by atoms with Gasteiger partial charge in [-0.05, 0) is 34.1 Å². The van der Waals surface area contributed by atoms with Gasteiger partial charge in [-0.15, -0.1) is 0 Å². The van der Waals surface area contributed by atoms with E-state index in [1.807, 2.05) is 37.2 Å². The number of nitrogens with zero attached hydrogens (tertiary/aromatic N) is 1. The Morgan fingerprint density at radius 2 is 2.00 bits per heavy atom. The fraction of sp³-hybridized carbons (Fsp3) is 0.182. The van der Waals surface area contributed by atoms with Crippen LogP contribution < -0.4 is 10.5 Å². The first-order valence-electron chi connectivity index (χ1n) is 4.58. The predicted molar refractivity (Wildman–Crippen MR) is 66.6 cm³/mol. The lowest BCUT2D eigenvalue weighted by atomic mass is 10.1. The number of hydrogen-bond acceptors (Lipinski definition) is 2. The zero-order chi connectivity index (χ0) is 11.0. The van der Waals surface area contributed by atoms with Crippen molar-refractivity contribution in [2.24, 2.45) is 0 Å². The van der Waals surface area contributed by atoms with Crippen molar-refractivity contribution in [3.8, 4) is 0 Å². The molecule has 1 heterocycles. The SMILES string of the molecule is CN(C)c1ccc2c(=O)[nH]cc(Br)c2c1. The first-order valence-corrected chi connectivity index (χ1v) is 5.37. The van der Waals surface area contributed by atoms with Crippen molar-refractivity contribution < 1.29 is 0 Å². The molecule has 3 nitrogen and oxygen atoms in total. The molecule has 1 aromatic carbocycles. The van der Waals surface area contributed by atoms with Gasteiger partial charge in [-0.1, -0.05) is 0 Å². The van der Waals surface area contributed by atoms with Gasteiger partial charge in [-0.3, -0.25) is 4.79 Å². The summed E-state index contributed by atoms with van der Waals surface area (Å²) in [5, 5.41) is 1.64. The third-order valence-electron chi connectivity index (χ3n) is 2.35. The normalized spacial score (nSPS) is 10.6. The summed E-state index contributed by atoms with van der Waals surface area (Å²) in [6.45, 7) is 0. The van der Waals surface area contributed by atoms with Crippen LogP contribution in [-0.2, 0) is 0 Å². The second-order valence-corrected chi connectivity index (χ2v) is 4.44. The van der Waals surface area contributed by atoms with Crippen molar-refractivity contribution in [2.45, 2.75) is 0 Å². The second kappa shape index (κ2) is 3.70. The Bertz CT molecular complexity index is 560. The van der Waals surface area contributed by atoms with Gasteiger partial charge in [0.1, 0.15) is 0 Å². The summed E-state index contributed by atoms with van der Waals surface area (Å²) in [7, 11) is 3.95. The van der Waals surface area contributed by atoms with E-state index in [1.54, 1.807) is 6.20 Å². The van der Waals surface area contributed by atoms with Gasteiger partial charge in [0, 0.05) is 41.2 Å². The molecule has 2 aromatic rings. The Labute approximate surface area is 95.9 Å². The molecule has 0 atom stereocenters. The Hall–Kier alpha value is -1.29. The number of fused-ring (bicyclic) bond motifs is 1.